The maximum Gasteiger partial charge on any atom is 0.240 e. The average Bonchev–Trinajstić information content (AvgIpc) is 2.47. The lowest BCUT2D eigenvalue weighted by atomic mass is 10.1. The Morgan fingerprint density at radius 3 is 2.80 bits per heavy atom. The summed E-state index contributed by atoms with van der Waals surface area (Å²) in [4.78, 5) is 13.7. The Kier molecular flexibility index (Phi) is 3.26. The topological polar surface area (TPSA) is 41.6 Å². The number of ether oxygens (including phenoxy) is 1. The molecule has 1 amide bonds. The predicted octanol–water partition coefficient (Wildman–Crippen LogP) is 0.722. The minimum Gasteiger partial charge on any atom is -0.376 e. The lowest BCUT2D eigenvalue weighted by Gasteiger charge is -2.29. The van der Waals surface area contributed by atoms with Crippen molar-refractivity contribution in [3.63, 3.8) is 0 Å². The third-order valence-corrected chi connectivity index (χ3v) is 3.29. The van der Waals surface area contributed by atoms with Gasteiger partial charge in [0, 0.05) is 13.2 Å². The molecule has 86 valence electrons. The van der Waals surface area contributed by atoms with Gasteiger partial charge in [-0.3, -0.25) is 10.1 Å². The van der Waals surface area contributed by atoms with Crippen molar-refractivity contribution in [3.05, 3.63) is 0 Å². The number of nitrogens with one attached hydrogen (secondary N) is 1. The van der Waals surface area contributed by atoms with E-state index in [4.69, 9.17) is 4.74 Å². The summed E-state index contributed by atoms with van der Waals surface area (Å²) < 4.78 is 5.65. The third kappa shape index (κ3) is 2.32. The zero-order chi connectivity index (χ0) is 10.8. The lowest BCUT2D eigenvalue weighted by Crippen LogP contribution is -2.42. The van der Waals surface area contributed by atoms with Crippen molar-refractivity contribution in [2.24, 2.45) is 0 Å². The largest absolute Gasteiger partial charge is 0.376 e. The maximum absolute atomic E-state index is 11.8. The van der Waals surface area contributed by atoms with Crippen LogP contribution in [-0.4, -0.2) is 42.3 Å². The van der Waals surface area contributed by atoms with Crippen molar-refractivity contribution in [1.29, 1.82) is 0 Å². The summed E-state index contributed by atoms with van der Waals surface area (Å²) in [5.41, 5.74) is 0. The summed E-state index contributed by atoms with van der Waals surface area (Å²) in [6.45, 7) is 5.55. The van der Waals surface area contributed by atoms with Crippen molar-refractivity contribution in [1.82, 2.24) is 10.2 Å². The van der Waals surface area contributed by atoms with Gasteiger partial charge in [-0.2, -0.15) is 0 Å². The average molecular weight is 212 g/mol. The van der Waals surface area contributed by atoms with E-state index in [0.29, 0.717) is 0 Å². The van der Waals surface area contributed by atoms with Crippen LogP contribution < -0.4 is 5.32 Å². The first-order valence-electron chi connectivity index (χ1n) is 5.86. The second-order valence-electron chi connectivity index (χ2n) is 4.54. The normalized spacial score (nSPS) is 37.3. The molecule has 0 spiro atoms. The van der Waals surface area contributed by atoms with Crippen molar-refractivity contribution in [2.45, 2.75) is 51.4 Å². The number of carbonyl (C=O) groups is 1. The van der Waals surface area contributed by atoms with Gasteiger partial charge in [-0.15, -0.1) is 0 Å². The zero-order valence-electron chi connectivity index (χ0n) is 9.53. The van der Waals surface area contributed by atoms with E-state index in [2.05, 4.69) is 5.32 Å². The summed E-state index contributed by atoms with van der Waals surface area (Å²) in [5.74, 6) is 0.205. The number of rotatable bonds is 2. The molecule has 4 nitrogen and oxygen atoms in total. The molecule has 0 radical (unpaired) electrons. The molecule has 0 aromatic carbocycles. The van der Waals surface area contributed by atoms with Gasteiger partial charge in [0.15, 0.2) is 0 Å². The first-order chi connectivity index (χ1) is 7.18. The van der Waals surface area contributed by atoms with Crippen molar-refractivity contribution in [3.8, 4) is 0 Å². The van der Waals surface area contributed by atoms with Gasteiger partial charge in [-0.05, 0) is 33.1 Å². The first-order valence-corrected chi connectivity index (χ1v) is 5.86. The van der Waals surface area contributed by atoms with Crippen LogP contribution in [0.1, 0.15) is 33.1 Å². The number of amides is 1. The van der Waals surface area contributed by atoms with Crippen LogP contribution in [0.4, 0.5) is 0 Å². The smallest absolute Gasteiger partial charge is 0.240 e. The van der Waals surface area contributed by atoms with E-state index >= 15 is 0 Å². The van der Waals surface area contributed by atoms with Gasteiger partial charge in [0.25, 0.3) is 0 Å². The fourth-order valence-corrected chi connectivity index (χ4v) is 2.38. The van der Waals surface area contributed by atoms with Crippen LogP contribution in [0, 0.1) is 0 Å². The Labute approximate surface area is 91.0 Å². The van der Waals surface area contributed by atoms with Crippen molar-refractivity contribution < 1.29 is 9.53 Å². The molecule has 3 atom stereocenters. The molecule has 0 aromatic heterocycles. The highest BCUT2D eigenvalue weighted by molar-refractivity contribution is 5.83. The predicted molar refractivity (Wildman–Crippen MR) is 57.4 cm³/mol. The van der Waals surface area contributed by atoms with Crippen molar-refractivity contribution in [2.75, 3.05) is 13.2 Å². The zero-order valence-corrected chi connectivity index (χ0v) is 9.53. The van der Waals surface area contributed by atoms with Crippen LogP contribution in [0.15, 0.2) is 0 Å². The quantitative estimate of drug-likeness (QED) is 0.733. The van der Waals surface area contributed by atoms with Crippen LogP contribution in [0.2, 0.25) is 0 Å². The molecular weight excluding hydrogens is 192 g/mol. The molecule has 2 fully saturated rings. The van der Waals surface area contributed by atoms with Gasteiger partial charge in [0.2, 0.25) is 5.91 Å². The molecule has 2 saturated heterocycles. The number of hydrogen-bond acceptors (Lipinski definition) is 3. The summed E-state index contributed by atoms with van der Waals surface area (Å²) in [5, 5.41) is 3.23. The van der Waals surface area contributed by atoms with Crippen LogP contribution in [0.5, 0.6) is 0 Å². The monoisotopic (exact) mass is 212 g/mol. The number of carbonyl (C=O) groups excluding carboxylic acids is 1. The van der Waals surface area contributed by atoms with Crippen LogP contribution in [-0.2, 0) is 9.53 Å². The Morgan fingerprint density at radius 2 is 2.27 bits per heavy atom. The fourth-order valence-electron chi connectivity index (χ4n) is 2.38. The van der Waals surface area contributed by atoms with E-state index in [-0.39, 0.29) is 24.2 Å². The van der Waals surface area contributed by atoms with Gasteiger partial charge in [-0.25, -0.2) is 0 Å². The molecule has 0 aromatic rings. The van der Waals surface area contributed by atoms with E-state index < -0.39 is 0 Å². The van der Waals surface area contributed by atoms with E-state index in [1.807, 2.05) is 18.7 Å². The number of nitrogens with zero attached hydrogens (tertiary/aromatic N) is 1. The first kappa shape index (κ1) is 10.9. The molecule has 2 rings (SSSR count). The van der Waals surface area contributed by atoms with Gasteiger partial charge in [0.05, 0.1) is 18.3 Å². The Hall–Kier alpha value is -0.610. The second-order valence-corrected chi connectivity index (χ2v) is 4.54. The molecule has 15 heavy (non-hydrogen) atoms. The minimum atomic E-state index is -0.0383. The molecular formula is C11H20N2O2. The van der Waals surface area contributed by atoms with Crippen LogP contribution in [0.25, 0.3) is 0 Å². The highest BCUT2D eigenvalue weighted by Crippen LogP contribution is 2.17. The number of hydrogen-bond donors (Lipinski definition) is 1. The summed E-state index contributed by atoms with van der Waals surface area (Å²) in [6.07, 6.45) is 3.87. The summed E-state index contributed by atoms with van der Waals surface area (Å²) in [6, 6.07) is -0.0383. The fraction of sp³-hybridized carbons (Fsp3) is 0.909. The van der Waals surface area contributed by atoms with Gasteiger partial charge >= 0.3 is 0 Å². The Morgan fingerprint density at radius 1 is 1.47 bits per heavy atom. The molecule has 2 aliphatic rings. The molecule has 2 heterocycles. The summed E-state index contributed by atoms with van der Waals surface area (Å²) >= 11 is 0. The van der Waals surface area contributed by atoms with E-state index in [9.17, 15) is 4.79 Å². The minimum absolute atomic E-state index is 0.0383. The van der Waals surface area contributed by atoms with Crippen LogP contribution >= 0.6 is 0 Å². The molecule has 1 N–H and O–H groups in total. The molecule has 0 saturated carbocycles. The Bertz CT molecular complexity index is 239. The standard InChI is InChI=1S/C11H20N2O2/c1-8-11(14)13(9(2)12-8)7-10-5-3-4-6-15-10/h8-10,12H,3-7H2,1-2H3. The van der Waals surface area contributed by atoms with E-state index in [1.54, 1.807) is 0 Å². The molecule has 0 bridgehead atoms. The maximum atomic E-state index is 11.8. The molecule has 2 aliphatic heterocycles. The van der Waals surface area contributed by atoms with Crippen molar-refractivity contribution >= 4 is 5.91 Å². The Balaban J connectivity index is 1.90. The summed E-state index contributed by atoms with van der Waals surface area (Å²) in [7, 11) is 0. The third-order valence-electron chi connectivity index (χ3n) is 3.29. The second kappa shape index (κ2) is 4.49. The van der Waals surface area contributed by atoms with Gasteiger partial charge in [0.1, 0.15) is 0 Å². The van der Waals surface area contributed by atoms with Gasteiger partial charge < -0.3 is 9.64 Å². The lowest BCUT2D eigenvalue weighted by molar-refractivity contribution is -0.132. The highest BCUT2D eigenvalue weighted by Gasteiger charge is 2.34. The SMILES string of the molecule is CC1NC(C)N(CC2CCCCO2)C1=O. The van der Waals surface area contributed by atoms with E-state index in [0.717, 1.165) is 26.0 Å². The van der Waals surface area contributed by atoms with Crippen LogP contribution in [0.3, 0.4) is 0 Å². The van der Waals surface area contributed by atoms with E-state index in [1.165, 1.54) is 6.42 Å². The molecule has 4 heteroatoms. The molecule has 3 unspecified atom stereocenters. The van der Waals surface area contributed by atoms with Gasteiger partial charge in [-0.1, -0.05) is 0 Å². The highest BCUT2D eigenvalue weighted by atomic mass is 16.5. The molecule has 0 aliphatic carbocycles.